The molecule has 0 bridgehead atoms. The van der Waals surface area contributed by atoms with Gasteiger partial charge in [0, 0.05) is 23.5 Å². The van der Waals surface area contributed by atoms with Crippen molar-refractivity contribution in [3.05, 3.63) is 38.3 Å². The molecule has 20 heavy (non-hydrogen) atoms. The van der Waals surface area contributed by atoms with Crippen molar-refractivity contribution in [2.75, 3.05) is 0 Å². The van der Waals surface area contributed by atoms with Gasteiger partial charge in [0.1, 0.15) is 0 Å². The van der Waals surface area contributed by atoms with Crippen molar-refractivity contribution in [2.24, 2.45) is 5.84 Å². The van der Waals surface area contributed by atoms with Crippen molar-refractivity contribution in [1.82, 2.24) is 15.2 Å². The average molecular weight is 313 g/mol. The summed E-state index contributed by atoms with van der Waals surface area (Å²) in [6, 6.07) is 2.18. The Balaban J connectivity index is 2.26. The van der Waals surface area contributed by atoms with E-state index in [9.17, 15) is 0 Å². The predicted molar refractivity (Wildman–Crippen MR) is 85.1 cm³/mol. The molecule has 0 aliphatic heterocycles. The van der Waals surface area contributed by atoms with E-state index in [-0.39, 0.29) is 6.04 Å². The molecular formula is C14H21ClN4S. The van der Waals surface area contributed by atoms with Crippen molar-refractivity contribution in [1.29, 1.82) is 0 Å². The van der Waals surface area contributed by atoms with Gasteiger partial charge in [-0.1, -0.05) is 18.5 Å². The van der Waals surface area contributed by atoms with Gasteiger partial charge in [-0.3, -0.25) is 16.0 Å². The van der Waals surface area contributed by atoms with E-state index in [1.807, 2.05) is 11.6 Å². The van der Waals surface area contributed by atoms with E-state index >= 15 is 0 Å². The van der Waals surface area contributed by atoms with Crippen LogP contribution < -0.4 is 11.3 Å². The molecule has 6 heteroatoms. The molecule has 4 nitrogen and oxygen atoms in total. The summed E-state index contributed by atoms with van der Waals surface area (Å²) in [5.74, 6) is 5.73. The first-order chi connectivity index (χ1) is 9.60. The molecular weight excluding hydrogens is 292 g/mol. The Morgan fingerprint density at radius 3 is 2.75 bits per heavy atom. The zero-order valence-corrected chi connectivity index (χ0v) is 13.7. The molecule has 2 heterocycles. The average Bonchev–Trinajstić information content (AvgIpc) is 3.01. The number of aryl methyl sites for hydroxylation is 3. The summed E-state index contributed by atoms with van der Waals surface area (Å²) in [6.45, 7) is 7.10. The number of rotatable bonds is 6. The maximum Gasteiger partial charge on any atom is 0.0624 e. The second-order valence-electron chi connectivity index (χ2n) is 4.82. The maximum atomic E-state index is 6.35. The van der Waals surface area contributed by atoms with Crippen LogP contribution in [0.1, 0.15) is 41.7 Å². The molecule has 1 atom stereocenters. The number of nitrogens with zero attached hydrogens (tertiary/aromatic N) is 2. The van der Waals surface area contributed by atoms with Crippen molar-refractivity contribution in [3.63, 3.8) is 0 Å². The minimum atomic E-state index is 0.0212. The number of nitrogens with one attached hydrogen (secondary N) is 1. The third-order valence-electron chi connectivity index (χ3n) is 3.43. The topological polar surface area (TPSA) is 55.9 Å². The molecule has 0 aliphatic carbocycles. The highest BCUT2D eigenvalue weighted by atomic mass is 35.5. The second-order valence-corrected chi connectivity index (χ2v) is 6.11. The van der Waals surface area contributed by atoms with E-state index in [0.717, 1.165) is 40.5 Å². The summed E-state index contributed by atoms with van der Waals surface area (Å²) in [5, 5.41) is 7.46. The SMILES string of the molecule is CCc1cc(CC(NN)c2scc(C)c2Cl)n(CC)n1. The van der Waals surface area contributed by atoms with Gasteiger partial charge in [0.2, 0.25) is 0 Å². The standard InChI is InChI=1S/C14H21ClN4S/c1-4-10-6-11(19(5-2)18-10)7-12(17-16)14-13(15)9(3)8-20-14/h6,8,12,17H,4-5,7,16H2,1-3H3. The Hall–Kier alpha value is -0.880. The van der Waals surface area contributed by atoms with E-state index in [1.165, 1.54) is 5.69 Å². The van der Waals surface area contributed by atoms with Crippen molar-refractivity contribution in [2.45, 2.75) is 46.2 Å². The number of halogens is 1. The Morgan fingerprint density at radius 2 is 2.25 bits per heavy atom. The lowest BCUT2D eigenvalue weighted by Crippen LogP contribution is -2.29. The first kappa shape index (κ1) is 15.5. The van der Waals surface area contributed by atoms with E-state index in [0.29, 0.717) is 0 Å². The molecule has 0 spiro atoms. The molecule has 0 saturated carbocycles. The van der Waals surface area contributed by atoms with E-state index in [2.05, 4.69) is 35.8 Å². The monoisotopic (exact) mass is 312 g/mol. The summed E-state index contributed by atoms with van der Waals surface area (Å²) >= 11 is 8.00. The molecule has 0 amide bonds. The van der Waals surface area contributed by atoms with Crippen molar-refractivity contribution in [3.8, 4) is 0 Å². The van der Waals surface area contributed by atoms with Crippen LogP contribution in [0, 0.1) is 6.92 Å². The van der Waals surface area contributed by atoms with Crippen LogP contribution in [-0.4, -0.2) is 9.78 Å². The van der Waals surface area contributed by atoms with Gasteiger partial charge in [-0.25, -0.2) is 0 Å². The molecule has 0 fully saturated rings. The molecule has 0 aromatic carbocycles. The highest BCUT2D eigenvalue weighted by Crippen LogP contribution is 2.33. The highest BCUT2D eigenvalue weighted by molar-refractivity contribution is 7.10. The van der Waals surface area contributed by atoms with Crippen LogP contribution in [0.15, 0.2) is 11.4 Å². The Kier molecular flexibility index (Phi) is 5.21. The van der Waals surface area contributed by atoms with E-state index in [4.69, 9.17) is 17.4 Å². The quantitative estimate of drug-likeness (QED) is 0.636. The summed E-state index contributed by atoms with van der Waals surface area (Å²) in [7, 11) is 0. The molecule has 2 rings (SSSR count). The summed E-state index contributed by atoms with van der Waals surface area (Å²) < 4.78 is 2.04. The van der Waals surface area contributed by atoms with Gasteiger partial charge >= 0.3 is 0 Å². The first-order valence-corrected chi connectivity index (χ1v) is 8.11. The third kappa shape index (κ3) is 3.06. The minimum Gasteiger partial charge on any atom is -0.271 e. The lowest BCUT2D eigenvalue weighted by Gasteiger charge is -2.15. The predicted octanol–water partition coefficient (Wildman–Crippen LogP) is 3.24. The molecule has 0 aliphatic rings. The number of hydrogen-bond donors (Lipinski definition) is 2. The van der Waals surface area contributed by atoms with E-state index in [1.54, 1.807) is 11.3 Å². The van der Waals surface area contributed by atoms with Crippen molar-refractivity contribution >= 4 is 22.9 Å². The molecule has 0 radical (unpaired) electrons. The van der Waals surface area contributed by atoms with Crippen LogP contribution >= 0.6 is 22.9 Å². The lowest BCUT2D eigenvalue weighted by atomic mass is 10.1. The van der Waals surface area contributed by atoms with Gasteiger partial charge in [-0.2, -0.15) is 5.10 Å². The molecule has 1 unspecified atom stereocenters. The summed E-state index contributed by atoms with van der Waals surface area (Å²) in [5.41, 5.74) is 6.29. The molecule has 3 N–H and O–H groups in total. The van der Waals surface area contributed by atoms with Crippen LogP contribution in [0.4, 0.5) is 0 Å². The third-order valence-corrected chi connectivity index (χ3v) is 5.26. The molecule has 2 aromatic heterocycles. The number of hydrogen-bond acceptors (Lipinski definition) is 4. The minimum absolute atomic E-state index is 0.0212. The number of thiophene rings is 1. The Morgan fingerprint density at radius 1 is 1.50 bits per heavy atom. The fourth-order valence-electron chi connectivity index (χ4n) is 2.25. The largest absolute Gasteiger partial charge is 0.271 e. The molecule has 110 valence electrons. The van der Waals surface area contributed by atoms with Crippen LogP contribution in [-0.2, 0) is 19.4 Å². The van der Waals surface area contributed by atoms with Crippen LogP contribution in [0.2, 0.25) is 5.02 Å². The lowest BCUT2D eigenvalue weighted by molar-refractivity contribution is 0.522. The maximum absolute atomic E-state index is 6.35. The smallest absolute Gasteiger partial charge is 0.0624 e. The Bertz CT molecular complexity index is 576. The zero-order valence-electron chi connectivity index (χ0n) is 12.1. The van der Waals surface area contributed by atoms with Gasteiger partial charge < -0.3 is 0 Å². The number of aromatic nitrogens is 2. The van der Waals surface area contributed by atoms with Gasteiger partial charge in [0.15, 0.2) is 0 Å². The zero-order chi connectivity index (χ0) is 14.7. The first-order valence-electron chi connectivity index (χ1n) is 6.85. The molecule has 0 saturated heterocycles. The van der Waals surface area contributed by atoms with E-state index < -0.39 is 0 Å². The highest BCUT2D eigenvalue weighted by Gasteiger charge is 2.19. The number of nitrogens with two attached hydrogens (primary N) is 1. The normalized spacial score (nSPS) is 12.8. The Labute approximate surface area is 128 Å². The van der Waals surface area contributed by atoms with Gasteiger partial charge in [-0.15, -0.1) is 11.3 Å². The van der Waals surface area contributed by atoms with Gasteiger partial charge in [0.25, 0.3) is 0 Å². The van der Waals surface area contributed by atoms with Gasteiger partial charge in [0.05, 0.1) is 16.8 Å². The van der Waals surface area contributed by atoms with Crippen LogP contribution in [0.3, 0.4) is 0 Å². The van der Waals surface area contributed by atoms with Crippen molar-refractivity contribution < 1.29 is 0 Å². The summed E-state index contributed by atoms with van der Waals surface area (Å²) in [4.78, 5) is 1.09. The van der Waals surface area contributed by atoms with Gasteiger partial charge in [-0.05, 0) is 37.3 Å². The fourth-order valence-corrected chi connectivity index (χ4v) is 3.63. The number of hydrazine groups is 1. The summed E-state index contributed by atoms with van der Waals surface area (Å²) in [6.07, 6.45) is 1.73. The van der Waals surface area contributed by atoms with Crippen LogP contribution in [0.25, 0.3) is 0 Å². The fraction of sp³-hybridized carbons (Fsp3) is 0.500. The van der Waals surface area contributed by atoms with Crippen LogP contribution in [0.5, 0.6) is 0 Å². The second kappa shape index (κ2) is 6.72. The molecule has 2 aromatic rings.